The van der Waals surface area contributed by atoms with Gasteiger partial charge in [0.15, 0.2) is 0 Å². The van der Waals surface area contributed by atoms with Crippen LogP contribution in [-0.2, 0) is 17.7 Å². The Morgan fingerprint density at radius 3 is 2.56 bits per heavy atom. The van der Waals surface area contributed by atoms with Crippen molar-refractivity contribution in [2.24, 2.45) is 5.73 Å². The fourth-order valence-electron chi connectivity index (χ4n) is 3.07. The summed E-state index contributed by atoms with van der Waals surface area (Å²) in [4.78, 5) is 6.80. The largest absolute Gasteiger partial charge is 0.381 e. The lowest BCUT2D eigenvalue weighted by molar-refractivity contribution is 0.0376. The predicted octanol–water partition coefficient (Wildman–Crippen LogP) is 2.66. The van der Waals surface area contributed by atoms with Crippen molar-refractivity contribution >= 4 is 12.4 Å². The molecule has 0 bridgehead atoms. The fraction of sp³-hybridized carbons (Fsp3) is 0.556. The van der Waals surface area contributed by atoms with Crippen LogP contribution in [0.5, 0.6) is 0 Å². The molecule has 6 nitrogen and oxygen atoms in total. The second-order valence-corrected chi connectivity index (χ2v) is 6.65. The number of nitrogens with zero attached hydrogens (tertiary/aromatic N) is 3. The molecule has 0 radical (unpaired) electrons. The first-order valence-electron chi connectivity index (χ1n) is 8.57. The van der Waals surface area contributed by atoms with E-state index in [-0.39, 0.29) is 18.4 Å². The molecule has 138 valence electrons. The maximum atomic E-state index is 5.83. The molecule has 1 atom stereocenters. The number of benzene rings is 1. The van der Waals surface area contributed by atoms with Crippen LogP contribution in [0.2, 0.25) is 0 Å². The Bertz CT molecular complexity index is 639. The molecule has 0 amide bonds. The molecule has 0 spiro atoms. The number of rotatable bonds is 6. The van der Waals surface area contributed by atoms with E-state index < -0.39 is 0 Å². The number of halogens is 1. The summed E-state index contributed by atoms with van der Waals surface area (Å²) >= 11 is 0. The first kappa shape index (κ1) is 19.8. The molecular weight excluding hydrogens is 340 g/mol. The van der Waals surface area contributed by atoms with Crippen LogP contribution in [0.1, 0.15) is 31.2 Å². The van der Waals surface area contributed by atoms with Gasteiger partial charge >= 0.3 is 0 Å². The van der Waals surface area contributed by atoms with Gasteiger partial charge in [-0.3, -0.25) is 4.90 Å². The fourth-order valence-corrected chi connectivity index (χ4v) is 3.07. The number of hydrogen-bond acceptors (Lipinski definition) is 6. The Kier molecular flexibility index (Phi) is 7.38. The van der Waals surface area contributed by atoms with Gasteiger partial charge in [-0.25, -0.2) is 0 Å². The molecule has 2 aromatic rings. The van der Waals surface area contributed by atoms with Gasteiger partial charge in [-0.15, -0.1) is 12.4 Å². The molecule has 1 aliphatic heterocycles. The van der Waals surface area contributed by atoms with Crippen molar-refractivity contribution in [3.05, 3.63) is 35.7 Å². The van der Waals surface area contributed by atoms with Crippen LogP contribution in [0.15, 0.2) is 28.8 Å². The van der Waals surface area contributed by atoms with E-state index in [4.69, 9.17) is 15.0 Å². The monoisotopic (exact) mass is 366 g/mol. The summed E-state index contributed by atoms with van der Waals surface area (Å²) < 4.78 is 10.8. The molecule has 1 aromatic heterocycles. The summed E-state index contributed by atoms with van der Waals surface area (Å²) in [6, 6.07) is 8.87. The Hall–Kier alpha value is -1.47. The lowest BCUT2D eigenvalue weighted by Gasteiger charge is -2.29. The minimum Gasteiger partial charge on any atom is -0.381 e. The van der Waals surface area contributed by atoms with Gasteiger partial charge in [-0.2, -0.15) is 4.98 Å². The molecule has 0 aliphatic carbocycles. The first-order valence-corrected chi connectivity index (χ1v) is 8.57. The molecule has 2 N–H and O–H groups in total. The van der Waals surface area contributed by atoms with Gasteiger partial charge in [-0.05, 0) is 38.8 Å². The normalized spacial score (nSPS) is 16.6. The van der Waals surface area contributed by atoms with Gasteiger partial charge in [0, 0.05) is 30.9 Å². The minimum atomic E-state index is 0. The van der Waals surface area contributed by atoms with Crippen molar-refractivity contribution in [3.63, 3.8) is 0 Å². The molecule has 25 heavy (non-hydrogen) atoms. The van der Waals surface area contributed by atoms with Gasteiger partial charge in [0.1, 0.15) is 0 Å². The molecule has 3 rings (SSSR count). The molecule has 1 saturated heterocycles. The van der Waals surface area contributed by atoms with Gasteiger partial charge in [-0.1, -0.05) is 29.4 Å². The van der Waals surface area contributed by atoms with Gasteiger partial charge < -0.3 is 15.0 Å². The highest BCUT2D eigenvalue weighted by atomic mass is 35.5. The SMILES string of the molecule is CC(N)Cc1ccc(-c2noc(CN(C)C3CCOCC3)n2)cc1.Cl. The lowest BCUT2D eigenvalue weighted by Crippen LogP contribution is -2.36. The van der Waals surface area contributed by atoms with Crippen molar-refractivity contribution in [3.8, 4) is 11.4 Å². The molecular formula is C18H27ClN4O2. The van der Waals surface area contributed by atoms with Crippen LogP contribution < -0.4 is 5.73 Å². The van der Waals surface area contributed by atoms with Crippen LogP contribution in [-0.4, -0.2) is 47.4 Å². The van der Waals surface area contributed by atoms with E-state index in [1.807, 2.05) is 19.1 Å². The zero-order valence-corrected chi connectivity index (χ0v) is 15.7. The summed E-state index contributed by atoms with van der Waals surface area (Å²) in [5.74, 6) is 1.29. The second-order valence-electron chi connectivity index (χ2n) is 6.65. The van der Waals surface area contributed by atoms with E-state index in [1.54, 1.807) is 0 Å². The number of ether oxygens (including phenoxy) is 1. The maximum Gasteiger partial charge on any atom is 0.241 e. The standard InChI is InChI=1S/C18H26N4O2.ClH/c1-13(19)11-14-3-5-15(6-4-14)18-20-17(24-21-18)12-22(2)16-7-9-23-10-8-16;/h3-6,13,16H,7-12,19H2,1-2H3;1H. The zero-order valence-electron chi connectivity index (χ0n) is 14.9. The van der Waals surface area contributed by atoms with Gasteiger partial charge in [0.2, 0.25) is 11.7 Å². The van der Waals surface area contributed by atoms with Crippen molar-refractivity contribution in [1.29, 1.82) is 0 Å². The molecule has 0 saturated carbocycles. The van der Waals surface area contributed by atoms with Gasteiger partial charge in [0.25, 0.3) is 0 Å². The van der Waals surface area contributed by atoms with Crippen LogP contribution in [0.25, 0.3) is 11.4 Å². The van der Waals surface area contributed by atoms with Crippen molar-refractivity contribution in [2.75, 3.05) is 20.3 Å². The quantitative estimate of drug-likeness (QED) is 0.846. The summed E-state index contributed by atoms with van der Waals surface area (Å²) in [5.41, 5.74) is 8.02. The smallest absolute Gasteiger partial charge is 0.241 e. The van der Waals surface area contributed by atoms with Crippen LogP contribution in [0.4, 0.5) is 0 Å². The summed E-state index contributed by atoms with van der Waals surface area (Å²) in [6.07, 6.45) is 2.98. The summed E-state index contributed by atoms with van der Waals surface area (Å²) in [6.45, 7) is 4.34. The van der Waals surface area contributed by atoms with E-state index in [0.29, 0.717) is 24.3 Å². The van der Waals surface area contributed by atoms with Crippen LogP contribution in [0, 0.1) is 0 Å². The predicted molar refractivity (Wildman–Crippen MR) is 99.6 cm³/mol. The number of nitrogens with two attached hydrogens (primary N) is 1. The van der Waals surface area contributed by atoms with E-state index in [1.165, 1.54) is 5.56 Å². The average Bonchev–Trinajstić information content (AvgIpc) is 3.04. The van der Waals surface area contributed by atoms with Crippen molar-refractivity contribution in [2.45, 2.75) is 44.8 Å². The Labute approximate surface area is 155 Å². The maximum absolute atomic E-state index is 5.83. The van der Waals surface area contributed by atoms with Crippen LogP contribution in [0.3, 0.4) is 0 Å². The molecule has 1 aromatic carbocycles. The third-order valence-electron chi connectivity index (χ3n) is 4.44. The highest BCUT2D eigenvalue weighted by molar-refractivity contribution is 5.85. The highest BCUT2D eigenvalue weighted by Gasteiger charge is 2.20. The number of aromatic nitrogens is 2. The Morgan fingerprint density at radius 1 is 1.24 bits per heavy atom. The molecule has 1 aliphatic rings. The first-order chi connectivity index (χ1) is 11.6. The Morgan fingerprint density at radius 2 is 1.92 bits per heavy atom. The van der Waals surface area contributed by atoms with Crippen LogP contribution >= 0.6 is 12.4 Å². The topological polar surface area (TPSA) is 77.4 Å². The number of hydrogen-bond donors (Lipinski definition) is 1. The van der Waals surface area contributed by atoms with E-state index in [2.05, 4.69) is 34.2 Å². The van der Waals surface area contributed by atoms with Crippen molar-refractivity contribution < 1.29 is 9.26 Å². The van der Waals surface area contributed by atoms with Gasteiger partial charge in [0.05, 0.1) is 6.54 Å². The van der Waals surface area contributed by atoms with Crippen molar-refractivity contribution in [1.82, 2.24) is 15.0 Å². The lowest BCUT2D eigenvalue weighted by atomic mass is 10.1. The Balaban J connectivity index is 0.00000225. The van der Waals surface area contributed by atoms with E-state index >= 15 is 0 Å². The average molecular weight is 367 g/mol. The molecule has 1 fully saturated rings. The van der Waals surface area contributed by atoms with E-state index in [9.17, 15) is 0 Å². The van der Waals surface area contributed by atoms with E-state index in [0.717, 1.165) is 38.0 Å². The third-order valence-corrected chi connectivity index (χ3v) is 4.44. The summed E-state index contributed by atoms with van der Waals surface area (Å²) in [5, 5.41) is 4.11. The highest BCUT2D eigenvalue weighted by Crippen LogP contribution is 2.19. The molecule has 2 heterocycles. The minimum absolute atomic E-state index is 0. The zero-order chi connectivity index (χ0) is 16.9. The molecule has 7 heteroatoms. The molecule has 1 unspecified atom stereocenters. The second kappa shape index (κ2) is 9.29. The summed E-state index contributed by atoms with van der Waals surface area (Å²) in [7, 11) is 2.10. The third kappa shape index (κ3) is 5.51.